The van der Waals surface area contributed by atoms with Gasteiger partial charge in [0.15, 0.2) is 0 Å². The van der Waals surface area contributed by atoms with Crippen LogP contribution < -0.4 is 4.31 Å². The number of sulfonamides is 1. The highest BCUT2D eigenvalue weighted by molar-refractivity contribution is 7.92. The van der Waals surface area contributed by atoms with Gasteiger partial charge in [-0.15, -0.1) is 0 Å². The quantitative estimate of drug-likeness (QED) is 0.861. The van der Waals surface area contributed by atoms with Gasteiger partial charge in [0.25, 0.3) is 0 Å². The van der Waals surface area contributed by atoms with Gasteiger partial charge < -0.3 is 0 Å². The monoisotopic (exact) mass is 276 g/mol. The fraction of sp³-hybridized carbons (Fsp3) is 0.214. The number of para-hydroxylation sites is 1. The first-order valence-corrected chi connectivity index (χ1v) is 7.75. The highest BCUT2D eigenvalue weighted by Crippen LogP contribution is 2.23. The molecule has 2 rings (SSSR count). The molecule has 19 heavy (non-hydrogen) atoms. The van der Waals surface area contributed by atoms with Gasteiger partial charge in [-0.1, -0.05) is 24.3 Å². The van der Waals surface area contributed by atoms with Gasteiger partial charge >= 0.3 is 0 Å². The largest absolute Gasteiger partial charge is 0.266 e. The fourth-order valence-electron chi connectivity index (χ4n) is 1.88. The topological polar surface area (TPSA) is 50.3 Å². The molecule has 5 heteroatoms. The fourth-order valence-corrected chi connectivity index (χ4v) is 2.83. The van der Waals surface area contributed by atoms with Gasteiger partial charge in [-0.2, -0.15) is 0 Å². The Balaban J connectivity index is 2.41. The molecule has 100 valence electrons. The minimum absolute atomic E-state index is 0.289. The minimum Gasteiger partial charge on any atom is -0.266 e. The number of aryl methyl sites for hydroxylation is 1. The van der Waals surface area contributed by atoms with E-state index in [0.29, 0.717) is 5.69 Å². The Morgan fingerprint density at radius 2 is 1.89 bits per heavy atom. The van der Waals surface area contributed by atoms with Gasteiger partial charge in [0.1, 0.15) is 0 Å². The summed E-state index contributed by atoms with van der Waals surface area (Å²) in [5.74, 6) is 0. The maximum atomic E-state index is 12.0. The summed E-state index contributed by atoms with van der Waals surface area (Å²) in [6.45, 7) is 2.19. The van der Waals surface area contributed by atoms with Crippen LogP contribution in [0, 0.1) is 6.92 Å². The van der Waals surface area contributed by atoms with Crippen LogP contribution in [0.1, 0.15) is 11.1 Å². The normalized spacial score (nSPS) is 11.3. The molecule has 1 heterocycles. The summed E-state index contributed by atoms with van der Waals surface area (Å²) in [7, 11) is -3.33. The molecule has 0 unspecified atom stereocenters. The van der Waals surface area contributed by atoms with E-state index < -0.39 is 10.0 Å². The Hall–Kier alpha value is -1.88. The van der Waals surface area contributed by atoms with Crippen molar-refractivity contribution >= 4 is 15.7 Å². The van der Waals surface area contributed by atoms with E-state index in [9.17, 15) is 8.42 Å². The maximum absolute atomic E-state index is 12.0. The molecule has 0 atom stereocenters. The molecule has 1 aromatic heterocycles. The van der Waals surface area contributed by atoms with Crippen LogP contribution in [-0.4, -0.2) is 19.7 Å². The zero-order valence-electron chi connectivity index (χ0n) is 10.9. The van der Waals surface area contributed by atoms with Crippen LogP contribution in [-0.2, 0) is 16.6 Å². The number of nitrogens with zero attached hydrogens (tertiary/aromatic N) is 2. The summed E-state index contributed by atoms with van der Waals surface area (Å²) in [4.78, 5) is 4.01. The standard InChI is InChI=1S/C14H16N2O2S/c1-12-6-3-4-8-14(12)16(19(2,17)18)11-13-7-5-9-15-10-13/h3-10H,11H2,1-2H3. The molecule has 0 fully saturated rings. The van der Waals surface area contributed by atoms with E-state index >= 15 is 0 Å². The summed E-state index contributed by atoms with van der Waals surface area (Å²) >= 11 is 0. The molecular formula is C14H16N2O2S. The number of benzene rings is 1. The van der Waals surface area contributed by atoms with E-state index in [1.807, 2.05) is 37.3 Å². The van der Waals surface area contributed by atoms with Gasteiger partial charge in [-0.3, -0.25) is 9.29 Å². The average molecular weight is 276 g/mol. The molecule has 2 aromatic rings. The average Bonchev–Trinajstić information content (AvgIpc) is 2.37. The summed E-state index contributed by atoms with van der Waals surface area (Å²) < 4.78 is 25.4. The third-order valence-corrected chi connectivity index (χ3v) is 3.96. The van der Waals surface area contributed by atoms with Crippen molar-refractivity contribution in [2.45, 2.75) is 13.5 Å². The van der Waals surface area contributed by atoms with Crippen molar-refractivity contribution in [2.24, 2.45) is 0 Å². The van der Waals surface area contributed by atoms with E-state index in [-0.39, 0.29) is 6.54 Å². The Labute approximate surface area is 113 Å². The Morgan fingerprint density at radius 1 is 1.16 bits per heavy atom. The van der Waals surface area contributed by atoms with Crippen LogP contribution in [0.3, 0.4) is 0 Å². The highest BCUT2D eigenvalue weighted by atomic mass is 32.2. The van der Waals surface area contributed by atoms with Gasteiger partial charge in [0, 0.05) is 12.4 Å². The van der Waals surface area contributed by atoms with E-state index in [4.69, 9.17) is 0 Å². The van der Waals surface area contributed by atoms with Crippen LogP contribution in [0.15, 0.2) is 48.8 Å². The van der Waals surface area contributed by atoms with Crippen LogP contribution in [0.5, 0.6) is 0 Å². The van der Waals surface area contributed by atoms with Crippen LogP contribution in [0.25, 0.3) is 0 Å². The second-order valence-electron chi connectivity index (χ2n) is 4.42. The Morgan fingerprint density at radius 3 is 2.47 bits per heavy atom. The molecule has 0 aliphatic heterocycles. The van der Waals surface area contributed by atoms with Gasteiger partial charge in [0.2, 0.25) is 10.0 Å². The summed E-state index contributed by atoms with van der Waals surface area (Å²) in [6.07, 6.45) is 4.56. The molecule has 4 nitrogen and oxygen atoms in total. The van der Waals surface area contributed by atoms with Gasteiger partial charge in [-0.25, -0.2) is 8.42 Å². The van der Waals surface area contributed by atoms with E-state index in [0.717, 1.165) is 11.1 Å². The predicted molar refractivity (Wildman–Crippen MR) is 76.4 cm³/mol. The van der Waals surface area contributed by atoms with Crippen molar-refractivity contribution in [1.29, 1.82) is 0 Å². The molecule has 0 amide bonds. The number of rotatable bonds is 4. The molecule has 1 aromatic carbocycles. The zero-order chi connectivity index (χ0) is 13.9. The minimum atomic E-state index is -3.33. The molecule has 0 aliphatic rings. The lowest BCUT2D eigenvalue weighted by atomic mass is 10.2. The molecule has 0 saturated heterocycles. The van der Waals surface area contributed by atoms with E-state index in [1.54, 1.807) is 18.5 Å². The van der Waals surface area contributed by atoms with Crippen molar-refractivity contribution in [1.82, 2.24) is 4.98 Å². The van der Waals surface area contributed by atoms with Crippen LogP contribution >= 0.6 is 0 Å². The molecule has 0 radical (unpaired) electrons. The number of hydrogen-bond donors (Lipinski definition) is 0. The molecule has 0 aliphatic carbocycles. The third-order valence-electron chi connectivity index (χ3n) is 2.83. The number of hydrogen-bond acceptors (Lipinski definition) is 3. The SMILES string of the molecule is Cc1ccccc1N(Cc1cccnc1)S(C)(=O)=O. The van der Waals surface area contributed by atoms with Crippen molar-refractivity contribution < 1.29 is 8.42 Å². The molecule has 0 N–H and O–H groups in total. The number of pyridine rings is 1. The molecule has 0 bridgehead atoms. The zero-order valence-corrected chi connectivity index (χ0v) is 11.8. The first-order chi connectivity index (χ1) is 8.98. The van der Waals surface area contributed by atoms with Crippen molar-refractivity contribution in [3.63, 3.8) is 0 Å². The summed E-state index contributed by atoms with van der Waals surface area (Å²) in [5.41, 5.74) is 2.49. The Kier molecular flexibility index (Phi) is 3.85. The lowest BCUT2D eigenvalue weighted by Crippen LogP contribution is -2.29. The van der Waals surface area contributed by atoms with E-state index in [2.05, 4.69) is 4.98 Å². The van der Waals surface area contributed by atoms with Crippen molar-refractivity contribution in [3.8, 4) is 0 Å². The Bertz CT molecular complexity index is 654. The van der Waals surface area contributed by atoms with Crippen LogP contribution in [0.2, 0.25) is 0 Å². The van der Waals surface area contributed by atoms with Crippen LogP contribution in [0.4, 0.5) is 5.69 Å². The second-order valence-corrected chi connectivity index (χ2v) is 6.32. The number of aromatic nitrogens is 1. The predicted octanol–water partition coefficient (Wildman–Crippen LogP) is 2.36. The van der Waals surface area contributed by atoms with E-state index in [1.165, 1.54) is 10.6 Å². The lowest BCUT2D eigenvalue weighted by molar-refractivity contribution is 0.596. The van der Waals surface area contributed by atoms with Gasteiger partial charge in [0.05, 0.1) is 18.5 Å². The molecule has 0 saturated carbocycles. The van der Waals surface area contributed by atoms with Gasteiger partial charge in [-0.05, 0) is 30.2 Å². The highest BCUT2D eigenvalue weighted by Gasteiger charge is 2.19. The van der Waals surface area contributed by atoms with Crippen molar-refractivity contribution in [2.75, 3.05) is 10.6 Å². The summed E-state index contributed by atoms with van der Waals surface area (Å²) in [5, 5.41) is 0. The number of anilines is 1. The lowest BCUT2D eigenvalue weighted by Gasteiger charge is -2.24. The summed E-state index contributed by atoms with van der Waals surface area (Å²) in [6, 6.07) is 11.1. The molecular weight excluding hydrogens is 260 g/mol. The third kappa shape index (κ3) is 3.32. The first-order valence-electron chi connectivity index (χ1n) is 5.91. The second kappa shape index (κ2) is 5.40. The smallest absolute Gasteiger partial charge is 0.232 e. The maximum Gasteiger partial charge on any atom is 0.232 e. The first kappa shape index (κ1) is 13.5. The van der Waals surface area contributed by atoms with Crippen molar-refractivity contribution in [3.05, 3.63) is 59.9 Å². The molecule has 0 spiro atoms.